The fourth-order valence-corrected chi connectivity index (χ4v) is 3.56. The molecule has 2 N–H and O–H groups in total. The molecule has 0 saturated heterocycles. The van der Waals surface area contributed by atoms with Crippen molar-refractivity contribution in [3.63, 3.8) is 0 Å². The van der Waals surface area contributed by atoms with Crippen LogP contribution in [0.25, 0.3) is 11.1 Å². The van der Waals surface area contributed by atoms with Crippen molar-refractivity contribution in [1.29, 1.82) is 0 Å². The van der Waals surface area contributed by atoms with Crippen LogP contribution in [-0.4, -0.2) is 40.9 Å². The molecule has 1 aromatic heterocycles. The summed E-state index contributed by atoms with van der Waals surface area (Å²) < 4.78 is 43.0. The number of aliphatic hydroxyl groups is 1. The summed E-state index contributed by atoms with van der Waals surface area (Å²) in [6, 6.07) is 7.49. The number of aromatic nitrogens is 1. The normalized spacial score (nSPS) is 19.4. The van der Waals surface area contributed by atoms with Crippen LogP contribution in [0.4, 0.5) is 13.2 Å². The lowest BCUT2D eigenvalue weighted by molar-refractivity contribution is -0.154. The first-order chi connectivity index (χ1) is 14.1. The summed E-state index contributed by atoms with van der Waals surface area (Å²) in [7, 11) is 0. The first-order valence-electron chi connectivity index (χ1n) is 9.60. The number of benzene rings is 1. The Morgan fingerprint density at radius 2 is 1.93 bits per heavy atom. The fraction of sp³-hybridized carbons (Fsp3) is 0.429. The Balaban J connectivity index is 1.94. The Morgan fingerprint density at radius 3 is 2.57 bits per heavy atom. The summed E-state index contributed by atoms with van der Waals surface area (Å²) in [6.45, 7) is 0.0259. The molecule has 1 aliphatic rings. The van der Waals surface area contributed by atoms with Crippen LogP contribution in [-0.2, 0) is 0 Å². The largest absolute Gasteiger partial charge is 0.468 e. The molecule has 1 aliphatic carbocycles. The molecule has 1 saturated carbocycles. The maximum atomic E-state index is 12.8. The van der Waals surface area contributed by atoms with Gasteiger partial charge in [0, 0.05) is 10.6 Å². The summed E-state index contributed by atoms with van der Waals surface area (Å²) in [5.41, 5.74) is 1.19. The van der Waals surface area contributed by atoms with E-state index in [1.54, 1.807) is 24.3 Å². The van der Waals surface area contributed by atoms with Crippen molar-refractivity contribution < 1.29 is 27.8 Å². The van der Waals surface area contributed by atoms with E-state index >= 15 is 0 Å². The average molecular weight is 443 g/mol. The summed E-state index contributed by atoms with van der Waals surface area (Å²) in [5.74, 6) is -0.662. The minimum atomic E-state index is -4.53. The minimum absolute atomic E-state index is 0.206. The summed E-state index contributed by atoms with van der Waals surface area (Å²) >= 11 is 5.91. The van der Waals surface area contributed by atoms with Crippen LogP contribution < -0.4 is 10.1 Å². The standard InChI is InChI=1S/C21H22ClF3N2O3/c1-12-15(19(29)27-17-4-2-3-5-18(17)28)10-16(13-6-8-14(22)9-7-13)20(26-12)30-11-21(23,24)25/h6-10,17-18,28H,2-5,11H2,1H3,(H,27,29)/t17?,18-/m1/s1. The Bertz CT molecular complexity index is 904. The quantitative estimate of drug-likeness (QED) is 0.705. The first-order valence-corrected chi connectivity index (χ1v) is 9.98. The molecule has 1 aromatic carbocycles. The second kappa shape index (κ2) is 9.22. The zero-order valence-corrected chi connectivity index (χ0v) is 17.1. The van der Waals surface area contributed by atoms with E-state index in [1.807, 2.05) is 0 Å². The lowest BCUT2D eigenvalue weighted by Gasteiger charge is -2.28. The number of nitrogens with zero attached hydrogens (tertiary/aromatic N) is 1. The van der Waals surface area contributed by atoms with Crippen molar-refractivity contribution in [2.24, 2.45) is 0 Å². The number of hydrogen-bond acceptors (Lipinski definition) is 4. The average Bonchev–Trinajstić information content (AvgIpc) is 2.68. The Hall–Kier alpha value is -2.32. The van der Waals surface area contributed by atoms with Crippen molar-refractivity contribution in [3.8, 4) is 17.0 Å². The third-order valence-corrected chi connectivity index (χ3v) is 5.25. The van der Waals surface area contributed by atoms with Crippen LogP contribution in [0.2, 0.25) is 5.02 Å². The zero-order valence-electron chi connectivity index (χ0n) is 16.3. The van der Waals surface area contributed by atoms with E-state index in [4.69, 9.17) is 16.3 Å². The molecular formula is C21H22ClF3N2O3. The number of nitrogens with one attached hydrogen (secondary N) is 1. The molecule has 1 fully saturated rings. The number of aliphatic hydroxyl groups excluding tert-OH is 1. The van der Waals surface area contributed by atoms with E-state index in [2.05, 4.69) is 10.3 Å². The van der Waals surface area contributed by atoms with Gasteiger partial charge in [-0.1, -0.05) is 36.6 Å². The maximum absolute atomic E-state index is 12.8. The van der Waals surface area contributed by atoms with Crippen molar-refractivity contribution in [1.82, 2.24) is 10.3 Å². The predicted octanol–water partition coefficient (Wildman–Crippen LogP) is 4.68. The van der Waals surface area contributed by atoms with Gasteiger partial charge < -0.3 is 15.2 Å². The smallest absolute Gasteiger partial charge is 0.422 e. The third kappa shape index (κ3) is 5.64. The van der Waals surface area contributed by atoms with Gasteiger partial charge in [0.1, 0.15) is 0 Å². The van der Waals surface area contributed by atoms with E-state index in [1.165, 1.54) is 13.0 Å². The van der Waals surface area contributed by atoms with Crippen LogP contribution >= 0.6 is 11.6 Å². The number of rotatable bonds is 5. The molecule has 2 aromatic rings. The van der Waals surface area contributed by atoms with Crippen molar-refractivity contribution in [3.05, 3.63) is 46.6 Å². The zero-order chi connectivity index (χ0) is 21.9. The highest BCUT2D eigenvalue weighted by atomic mass is 35.5. The van der Waals surface area contributed by atoms with E-state index < -0.39 is 24.8 Å². The van der Waals surface area contributed by atoms with Gasteiger partial charge in [-0.2, -0.15) is 13.2 Å². The molecule has 30 heavy (non-hydrogen) atoms. The van der Waals surface area contributed by atoms with Gasteiger partial charge in [0.05, 0.1) is 23.4 Å². The van der Waals surface area contributed by atoms with Crippen molar-refractivity contribution >= 4 is 17.5 Å². The molecule has 1 heterocycles. The van der Waals surface area contributed by atoms with Gasteiger partial charge in [0.2, 0.25) is 5.88 Å². The maximum Gasteiger partial charge on any atom is 0.422 e. The SMILES string of the molecule is Cc1nc(OCC(F)(F)F)c(-c2ccc(Cl)cc2)cc1C(=O)NC1CCCC[C@H]1O. The number of alkyl halides is 3. The number of amides is 1. The third-order valence-electron chi connectivity index (χ3n) is 5.00. The number of carbonyl (C=O) groups excluding carboxylic acids is 1. The second-order valence-electron chi connectivity index (χ2n) is 7.32. The lowest BCUT2D eigenvalue weighted by Crippen LogP contribution is -2.45. The molecule has 0 aliphatic heterocycles. The van der Waals surface area contributed by atoms with E-state index in [9.17, 15) is 23.1 Å². The first kappa shape index (κ1) is 22.4. The Kier molecular flexibility index (Phi) is 6.88. The van der Waals surface area contributed by atoms with Crippen molar-refractivity contribution in [2.75, 3.05) is 6.61 Å². The molecular weight excluding hydrogens is 421 g/mol. The number of halogens is 4. The number of ether oxygens (including phenoxy) is 1. The second-order valence-corrected chi connectivity index (χ2v) is 7.75. The lowest BCUT2D eigenvalue weighted by atomic mass is 9.92. The Labute approximate surface area is 177 Å². The van der Waals surface area contributed by atoms with Crippen LogP contribution in [0.3, 0.4) is 0 Å². The Morgan fingerprint density at radius 1 is 1.27 bits per heavy atom. The summed E-state index contributed by atoms with van der Waals surface area (Å²) in [5, 5.41) is 13.4. The van der Waals surface area contributed by atoms with E-state index in [0.717, 1.165) is 12.8 Å². The molecule has 0 radical (unpaired) electrons. The highest BCUT2D eigenvalue weighted by molar-refractivity contribution is 6.30. The van der Waals surface area contributed by atoms with Gasteiger partial charge in [-0.25, -0.2) is 4.98 Å². The monoisotopic (exact) mass is 442 g/mol. The van der Waals surface area contributed by atoms with E-state index in [-0.39, 0.29) is 28.7 Å². The van der Waals surface area contributed by atoms with Gasteiger partial charge in [0.25, 0.3) is 5.91 Å². The molecule has 1 unspecified atom stereocenters. The molecule has 0 spiro atoms. The minimum Gasteiger partial charge on any atom is -0.468 e. The van der Waals surface area contributed by atoms with Gasteiger partial charge in [-0.15, -0.1) is 0 Å². The van der Waals surface area contributed by atoms with Crippen LogP contribution in [0.1, 0.15) is 41.7 Å². The van der Waals surface area contributed by atoms with E-state index in [0.29, 0.717) is 23.4 Å². The highest BCUT2D eigenvalue weighted by Gasteiger charge is 2.30. The number of pyridine rings is 1. The van der Waals surface area contributed by atoms with Crippen LogP contribution in [0, 0.1) is 6.92 Å². The molecule has 0 bridgehead atoms. The van der Waals surface area contributed by atoms with Gasteiger partial charge in [-0.3, -0.25) is 4.79 Å². The van der Waals surface area contributed by atoms with Gasteiger partial charge in [-0.05, 0) is 43.5 Å². The molecule has 1 amide bonds. The fourth-order valence-electron chi connectivity index (χ4n) is 3.44. The summed E-state index contributed by atoms with van der Waals surface area (Å²) in [6.07, 6.45) is -2.07. The molecule has 3 rings (SSSR count). The topological polar surface area (TPSA) is 71.5 Å². The number of hydrogen-bond donors (Lipinski definition) is 2. The predicted molar refractivity (Wildman–Crippen MR) is 107 cm³/mol. The molecule has 9 heteroatoms. The molecule has 2 atom stereocenters. The van der Waals surface area contributed by atoms with Gasteiger partial charge >= 0.3 is 6.18 Å². The number of carbonyl (C=O) groups is 1. The molecule has 5 nitrogen and oxygen atoms in total. The van der Waals surface area contributed by atoms with Crippen LogP contribution in [0.15, 0.2) is 30.3 Å². The number of aryl methyl sites for hydroxylation is 1. The summed E-state index contributed by atoms with van der Waals surface area (Å²) in [4.78, 5) is 17.0. The van der Waals surface area contributed by atoms with Crippen molar-refractivity contribution in [2.45, 2.75) is 50.9 Å². The van der Waals surface area contributed by atoms with Crippen LogP contribution in [0.5, 0.6) is 5.88 Å². The van der Waals surface area contributed by atoms with Gasteiger partial charge in [0.15, 0.2) is 6.61 Å². The highest BCUT2D eigenvalue weighted by Crippen LogP contribution is 2.32. The molecule has 162 valence electrons.